The molecule has 258 valence electrons. The Hall–Kier alpha value is -2.65. The molecule has 2 saturated heterocycles. The quantitative estimate of drug-likeness (QED) is 0.132. The van der Waals surface area contributed by atoms with Crippen LogP contribution in [0, 0.1) is 0 Å². The van der Waals surface area contributed by atoms with E-state index in [4.69, 9.17) is 0 Å². The van der Waals surface area contributed by atoms with Gasteiger partial charge in [0.2, 0.25) is 11.8 Å². The zero-order chi connectivity index (χ0) is 32.9. The molecule has 3 N–H and O–H groups in total. The maximum atomic E-state index is 12.8. The van der Waals surface area contributed by atoms with Gasteiger partial charge in [0.1, 0.15) is 6.29 Å². The van der Waals surface area contributed by atoms with E-state index in [9.17, 15) is 34.2 Å². The molecule has 0 unspecified atom stereocenters. The third-order valence-corrected chi connectivity index (χ3v) is 8.54. The fourth-order valence-electron chi connectivity index (χ4n) is 5.75. The van der Waals surface area contributed by atoms with Gasteiger partial charge in [0, 0.05) is 91.5 Å². The summed E-state index contributed by atoms with van der Waals surface area (Å²) in [5.41, 5.74) is 0. The summed E-state index contributed by atoms with van der Waals surface area (Å²) in [6.45, 7) is 11.0. The lowest BCUT2D eigenvalue weighted by molar-refractivity contribution is -0.139. The molecule has 2 amide bonds. The molecule has 2 aliphatic rings. The number of carboxylic acids is 2. The first kappa shape index (κ1) is 38.5. The van der Waals surface area contributed by atoms with Crippen LogP contribution in [0.3, 0.4) is 0 Å². The van der Waals surface area contributed by atoms with Gasteiger partial charge in [-0.1, -0.05) is 26.2 Å². The number of carboxylic acid groups (broad SMARTS) is 2. The molecule has 0 atom stereocenters. The Balaban J connectivity index is 1.75. The topological polar surface area (TPSA) is 157 Å². The summed E-state index contributed by atoms with van der Waals surface area (Å²) in [5, 5.41) is 21.7. The molecule has 45 heavy (non-hydrogen) atoms. The van der Waals surface area contributed by atoms with E-state index < -0.39 is 11.9 Å². The van der Waals surface area contributed by atoms with Crippen LogP contribution >= 0.6 is 0 Å². The van der Waals surface area contributed by atoms with E-state index in [0.717, 1.165) is 58.3 Å². The third-order valence-electron chi connectivity index (χ3n) is 8.54. The van der Waals surface area contributed by atoms with Crippen molar-refractivity contribution in [1.29, 1.82) is 0 Å². The molecule has 0 aromatic carbocycles. The summed E-state index contributed by atoms with van der Waals surface area (Å²) in [6, 6.07) is 0. The smallest absolute Gasteiger partial charge is 0.317 e. The van der Waals surface area contributed by atoms with Crippen molar-refractivity contribution < 1.29 is 34.2 Å². The highest BCUT2D eigenvalue weighted by molar-refractivity contribution is 5.78. The number of aldehydes is 1. The number of carbonyl (C=O) groups excluding carboxylic acids is 3. The van der Waals surface area contributed by atoms with E-state index >= 15 is 0 Å². The predicted molar refractivity (Wildman–Crippen MR) is 171 cm³/mol. The molecule has 2 rings (SSSR count). The van der Waals surface area contributed by atoms with Crippen LogP contribution in [0.15, 0.2) is 0 Å². The van der Waals surface area contributed by atoms with E-state index in [-0.39, 0.29) is 38.0 Å². The number of carbonyl (C=O) groups is 5. The molecule has 0 bridgehead atoms. The summed E-state index contributed by atoms with van der Waals surface area (Å²) in [4.78, 5) is 71.3. The molecular weight excluding hydrogens is 582 g/mol. The lowest BCUT2D eigenvalue weighted by atomic mass is 10.1. The largest absolute Gasteiger partial charge is 0.480 e. The second-order valence-corrected chi connectivity index (χ2v) is 12.2. The second-order valence-electron chi connectivity index (χ2n) is 12.2. The Morgan fingerprint density at radius 1 is 0.622 bits per heavy atom. The first-order chi connectivity index (χ1) is 21.7. The number of nitrogens with zero attached hydrogens (tertiary/aromatic N) is 6. The number of piperazine rings is 1. The molecule has 2 fully saturated rings. The molecule has 14 heteroatoms. The van der Waals surface area contributed by atoms with Gasteiger partial charge in [0.15, 0.2) is 0 Å². The minimum Gasteiger partial charge on any atom is -0.480 e. The summed E-state index contributed by atoms with van der Waals surface area (Å²) in [6.07, 6.45) is 7.44. The number of rotatable bonds is 18. The summed E-state index contributed by atoms with van der Waals surface area (Å²) in [5.74, 6) is -1.80. The Morgan fingerprint density at radius 2 is 1.13 bits per heavy atom. The van der Waals surface area contributed by atoms with Gasteiger partial charge in [-0.2, -0.15) is 0 Å². The first-order valence-electron chi connectivity index (χ1n) is 16.7. The molecule has 0 spiro atoms. The number of hydrogen-bond donors (Lipinski definition) is 3. The van der Waals surface area contributed by atoms with Crippen molar-refractivity contribution in [3.8, 4) is 0 Å². The van der Waals surface area contributed by atoms with Crippen LogP contribution in [0.2, 0.25) is 0 Å². The zero-order valence-corrected chi connectivity index (χ0v) is 27.4. The molecule has 2 heterocycles. The SMILES string of the molecule is CCCCCN1CCN(C(=O)CCCCCNC(=O)CN2CCN(CC(=O)O)CCN(CC=O)CCN(CC(=O)O)CC2)CC1. The van der Waals surface area contributed by atoms with Gasteiger partial charge >= 0.3 is 11.9 Å². The Morgan fingerprint density at radius 3 is 1.64 bits per heavy atom. The minimum absolute atomic E-state index is 0.127. The number of unbranched alkanes of at least 4 members (excludes halogenated alkanes) is 4. The summed E-state index contributed by atoms with van der Waals surface area (Å²) >= 11 is 0. The highest BCUT2D eigenvalue weighted by atomic mass is 16.4. The van der Waals surface area contributed by atoms with Gasteiger partial charge in [-0.05, 0) is 25.8 Å². The molecule has 0 aliphatic carbocycles. The monoisotopic (exact) mass is 639 g/mol. The molecule has 2 aliphatic heterocycles. The van der Waals surface area contributed by atoms with Crippen LogP contribution in [0.4, 0.5) is 0 Å². The van der Waals surface area contributed by atoms with Crippen molar-refractivity contribution in [3.63, 3.8) is 0 Å². The second kappa shape index (κ2) is 22.8. The van der Waals surface area contributed by atoms with E-state index in [2.05, 4.69) is 17.1 Å². The van der Waals surface area contributed by atoms with Gasteiger partial charge in [0.05, 0.1) is 26.2 Å². The van der Waals surface area contributed by atoms with Crippen molar-refractivity contribution in [3.05, 3.63) is 0 Å². The van der Waals surface area contributed by atoms with Crippen LogP contribution < -0.4 is 5.32 Å². The lowest BCUT2D eigenvalue weighted by Gasteiger charge is -2.34. The van der Waals surface area contributed by atoms with Crippen molar-refractivity contribution in [1.82, 2.24) is 34.7 Å². The van der Waals surface area contributed by atoms with Crippen LogP contribution in [0.25, 0.3) is 0 Å². The van der Waals surface area contributed by atoms with Crippen molar-refractivity contribution in [2.75, 3.05) is 118 Å². The maximum Gasteiger partial charge on any atom is 0.317 e. The van der Waals surface area contributed by atoms with E-state index in [1.807, 2.05) is 14.7 Å². The minimum atomic E-state index is -0.942. The van der Waals surface area contributed by atoms with Crippen LogP contribution in [-0.2, 0) is 24.0 Å². The van der Waals surface area contributed by atoms with Crippen molar-refractivity contribution >= 4 is 30.0 Å². The van der Waals surface area contributed by atoms with Gasteiger partial charge < -0.3 is 25.2 Å². The standard InChI is InChI=1S/C31H57N7O7/c1-2-3-7-10-33-19-21-38(22-20-33)29(41)8-5-4-6-9-32-28(40)25-35-15-17-36(26-30(42)43)13-11-34(23-24-39)12-14-37(18-16-35)27-31(44)45/h24H,2-23,25-27H2,1H3,(H,32,40)(H,42,43)(H,44,45). The molecule has 0 saturated carbocycles. The molecular formula is C31H57N7O7. The molecule has 0 aromatic rings. The highest BCUT2D eigenvalue weighted by Gasteiger charge is 2.21. The number of aliphatic carboxylic acids is 2. The average Bonchev–Trinajstić information content (AvgIpc) is 3.00. The van der Waals surface area contributed by atoms with Crippen LogP contribution in [0.1, 0.15) is 51.9 Å². The van der Waals surface area contributed by atoms with Gasteiger partial charge in [-0.25, -0.2) is 0 Å². The fourth-order valence-corrected chi connectivity index (χ4v) is 5.75. The molecule has 0 radical (unpaired) electrons. The fraction of sp³-hybridized carbons (Fsp3) is 0.839. The summed E-state index contributed by atoms with van der Waals surface area (Å²) < 4.78 is 0. The Bertz CT molecular complexity index is 870. The van der Waals surface area contributed by atoms with Crippen LogP contribution in [0.5, 0.6) is 0 Å². The average molecular weight is 640 g/mol. The van der Waals surface area contributed by atoms with Gasteiger partial charge in [-0.3, -0.25) is 43.7 Å². The third kappa shape index (κ3) is 17.6. The highest BCUT2D eigenvalue weighted by Crippen LogP contribution is 2.09. The molecule has 14 nitrogen and oxygen atoms in total. The number of nitrogens with one attached hydrogen (secondary N) is 1. The van der Waals surface area contributed by atoms with Crippen molar-refractivity contribution in [2.45, 2.75) is 51.9 Å². The number of amides is 2. The molecule has 0 aromatic heterocycles. The Kier molecular flexibility index (Phi) is 19.5. The van der Waals surface area contributed by atoms with Gasteiger partial charge in [0.25, 0.3) is 0 Å². The predicted octanol–water partition coefficient (Wildman–Crippen LogP) is -0.413. The van der Waals surface area contributed by atoms with E-state index in [1.165, 1.54) is 19.3 Å². The van der Waals surface area contributed by atoms with Crippen LogP contribution in [-0.4, -0.2) is 187 Å². The first-order valence-corrected chi connectivity index (χ1v) is 16.7. The lowest BCUT2D eigenvalue weighted by Crippen LogP contribution is -2.49. The zero-order valence-electron chi connectivity index (χ0n) is 27.4. The Labute approximate surface area is 268 Å². The van der Waals surface area contributed by atoms with Gasteiger partial charge in [-0.15, -0.1) is 0 Å². The van der Waals surface area contributed by atoms with Crippen molar-refractivity contribution in [2.24, 2.45) is 0 Å². The maximum absolute atomic E-state index is 12.8. The number of hydrogen-bond acceptors (Lipinski definition) is 10. The summed E-state index contributed by atoms with van der Waals surface area (Å²) in [7, 11) is 0. The van der Waals surface area contributed by atoms with E-state index in [1.54, 1.807) is 9.80 Å². The normalized spacial score (nSPS) is 19.0. The van der Waals surface area contributed by atoms with E-state index in [0.29, 0.717) is 65.3 Å².